The van der Waals surface area contributed by atoms with E-state index < -0.39 is 5.97 Å². The first-order valence-corrected chi connectivity index (χ1v) is 11.1. The summed E-state index contributed by atoms with van der Waals surface area (Å²) in [5.41, 5.74) is 6.27. The molecular formula is C26H31NO4. The Morgan fingerprint density at radius 3 is 2.42 bits per heavy atom. The van der Waals surface area contributed by atoms with E-state index in [1.807, 2.05) is 12.1 Å². The number of carboxylic acids is 1. The van der Waals surface area contributed by atoms with Crippen molar-refractivity contribution in [3.05, 3.63) is 70.8 Å². The lowest BCUT2D eigenvalue weighted by Crippen LogP contribution is -2.39. The lowest BCUT2D eigenvalue weighted by molar-refractivity contribution is -0.141. The lowest BCUT2D eigenvalue weighted by atomic mass is 9.92. The van der Waals surface area contributed by atoms with Gasteiger partial charge in [-0.1, -0.05) is 24.3 Å². The second-order valence-electron chi connectivity index (χ2n) is 8.40. The molecule has 164 valence electrons. The summed E-state index contributed by atoms with van der Waals surface area (Å²) in [6.45, 7) is 1.99. The van der Waals surface area contributed by atoms with Crippen LogP contribution in [0.4, 0.5) is 5.69 Å². The summed E-state index contributed by atoms with van der Waals surface area (Å²) < 4.78 is 10.9. The van der Waals surface area contributed by atoms with Crippen molar-refractivity contribution in [2.24, 2.45) is 5.92 Å². The van der Waals surface area contributed by atoms with Gasteiger partial charge >= 0.3 is 5.97 Å². The minimum absolute atomic E-state index is 0.117. The lowest BCUT2D eigenvalue weighted by Gasteiger charge is -2.36. The summed E-state index contributed by atoms with van der Waals surface area (Å²) in [5.74, 6) is -0.429. The van der Waals surface area contributed by atoms with Gasteiger partial charge < -0.3 is 19.5 Å². The van der Waals surface area contributed by atoms with Gasteiger partial charge in [-0.15, -0.1) is 0 Å². The summed E-state index contributed by atoms with van der Waals surface area (Å²) >= 11 is 0. The van der Waals surface area contributed by atoms with E-state index in [2.05, 4.69) is 35.2 Å². The van der Waals surface area contributed by atoms with Crippen LogP contribution in [-0.2, 0) is 15.9 Å². The molecule has 1 saturated heterocycles. The van der Waals surface area contributed by atoms with Crippen molar-refractivity contribution in [3.63, 3.8) is 0 Å². The monoisotopic (exact) mass is 421 g/mol. The van der Waals surface area contributed by atoms with Crippen LogP contribution in [0.2, 0.25) is 0 Å². The van der Waals surface area contributed by atoms with Crippen molar-refractivity contribution >= 4 is 17.2 Å². The van der Waals surface area contributed by atoms with Gasteiger partial charge in [0.05, 0.1) is 5.56 Å². The third-order valence-electron chi connectivity index (χ3n) is 6.57. The molecule has 1 aliphatic carbocycles. The van der Waals surface area contributed by atoms with Crippen LogP contribution in [0.15, 0.2) is 48.5 Å². The molecule has 1 fully saturated rings. The van der Waals surface area contributed by atoms with Gasteiger partial charge in [0.25, 0.3) is 0 Å². The SMILES string of the molecule is COC(OC)C1CCN(c2ccc(C3=CCCCc4cc(C(=O)O)ccc43)cc2)CC1. The number of rotatable bonds is 6. The average molecular weight is 422 g/mol. The van der Waals surface area contributed by atoms with Crippen molar-refractivity contribution in [3.8, 4) is 0 Å². The Morgan fingerprint density at radius 2 is 1.77 bits per heavy atom. The number of anilines is 1. The van der Waals surface area contributed by atoms with E-state index in [9.17, 15) is 9.90 Å². The molecule has 0 bridgehead atoms. The zero-order valence-electron chi connectivity index (χ0n) is 18.3. The van der Waals surface area contributed by atoms with Crippen LogP contribution in [0.3, 0.4) is 0 Å². The van der Waals surface area contributed by atoms with Gasteiger partial charge in [-0.3, -0.25) is 0 Å². The average Bonchev–Trinajstić information content (AvgIpc) is 3.02. The van der Waals surface area contributed by atoms with Crippen LogP contribution in [0, 0.1) is 5.92 Å². The highest BCUT2D eigenvalue weighted by molar-refractivity contribution is 5.90. The van der Waals surface area contributed by atoms with Crippen LogP contribution < -0.4 is 4.90 Å². The highest BCUT2D eigenvalue weighted by Crippen LogP contribution is 2.33. The van der Waals surface area contributed by atoms with Gasteiger partial charge in [0.2, 0.25) is 0 Å². The predicted molar refractivity (Wildman–Crippen MR) is 123 cm³/mol. The summed E-state index contributed by atoms with van der Waals surface area (Å²) in [7, 11) is 3.42. The van der Waals surface area contributed by atoms with Gasteiger partial charge in [-0.05, 0) is 78.6 Å². The van der Waals surface area contributed by atoms with Gasteiger partial charge in [-0.2, -0.15) is 0 Å². The minimum atomic E-state index is -0.868. The molecule has 0 unspecified atom stereocenters. The first kappa shape index (κ1) is 21.6. The van der Waals surface area contributed by atoms with E-state index in [4.69, 9.17) is 9.47 Å². The zero-order chi connectivity index (χ0) is 21.8. The number of ether oxygens (including phenoxy) is 2. The Labute approximate surface area is 184 Å². The van der Waals surface area contributed by atoms with Crippen LogP contribution in [0.25, 0.3) is 5.57 Å². The number of carboxylic acid groups (broad SMARTS) is 1. The molecule has 31 heavy (non-hydrogen) atoms. The fourth-order valence-electron chi connectivity index (χ4n) is 4.88. The summed E-state index contributed by atoms with van der Waals surface area (Å²) in [4.78, 5) is 13.8. The Bertz CT molecular complexity index is 938. The highest BCUT2D eigenvalue weighted by Gasteiger charge is 2.26. The van der Waals surface area contributed by atoms with Crippen LogP contribution in [-0.4, -0.2) is 44.7 Å². The number of methoxy groups -OCH3 is 2. The van der Waals surface area contributed by atoms with Crippen LogP contribution in [0.5, 0.6) is 0 Å². The number of benzene rings is 2. The maximum atomic E-state index is 11.4. The fourth-order valence-corrected chi connectivity index (χ4v) is 4.88. The zero-order valence-corrected chi connectivity index (χ0v) is 18.3. The summed E-state index contributed by atoms with van der Waals surface area (Å²) in [6, 6.07) is 14.3. The molecule has 2 aliphatic rings. The number of carbonyl (C=O) groups is 1. The van der Waals surface area contributed by atoms with E-state index in [0.717, 1.165) is 56.3 Å². The number of allylic oxidation sites excluding steroid dienone is 1. The summed E-state index contributed by atoms with van der Waals surface area (Å²) in [6.07, 6.45) is 7.24. The van der Waals surface area contributed by atoms with Crippen LogP contribution in [0.1, 0.15) is 52.7 Å². The molecule has 0 aromatic heterocycles. The van der Waals surface area contributed by atoms with Gasteiger partial charge in [0.15, 0.2) is 6.29 Å². The van der Waals surface area contributed by atoms with Crippen LogP contribution >= 0.6 is 0 Å². The normalized spacial score (nSPS) is 17.3. The molecule has 0 saturated carbocycles. The molecule has 5 nitrogen and oxygen atoms in total. The largest absolute Gasteiger partial charge is 0.478 e. The Hall–Kier alpha value is -2.63. The molecule has 1 aliphatic heterocycles. The minimum Gasteiger partial charge on any atom is -0.478 e. The Morgan fingerprint density at radius 1 is 1.06 bits per heavy atom. The first-order valence-electron chi connectivity index (χ1n) is 11.1. The molecule has 0 spiro atoms. The number of fused-ring (bicyclic) bond motifs is 1. The second-order valence-corrected chi connectivity index (χ2v) is 8.40. The van der Waals surface area contributed by atoms with Crippen molar-refractivity contribution in [1.29, 1.82) is 0 Å². The number of piperidine rings is 1. The number of hydrogen-bond acceptors (Lipinski definition) is 4. The number of nitrogens with zero attached hydrogens (tertiary/aromatic N) is 1. The van der Waals surface area contributed by atoms with Gasteiger partial charge in [0.1, 0.15) is 0 Å². The predicted octanol–water partition coefficient (Wildman–Crippen LogP) is 4.99. The Kier molecular flexibility index (Phi) is 6.73. The fraction of sp³-hybridized carbons (Fsp3) is 0.423. The molecular weight excluding hydrogens is 390 g/mol. The highest BCUT2D eigenvalue weighted by atomic mass is 16.7. The Balaban J connectivity index is 1.50. The number of aryl methyl sites for hydroxylation is 1. The molecule has 5 heteroatoms. The standard InChI is InChI=1S/C26H31NO4/c1-30-26(31-2)19-13-15-27(16-14-19)22-10-7-18(8-11-22)23-6-4-3-5-20-17-21(25(28)29)9-12-24(20)23/h6-12,17,19,26H,3-5,13-16H2,1-2H3,(H,28,29). The van der Waals surface area contributed by atoms with Gasteiger partial charge in [0, 0.05) is 38.9 Å². The third-order valence-corrected chi connectivity index (χ3v) is 6.57. The molecule has 2 aromatic carbocycles. The topological polar surface area (TPSA) is 59.0 Å². The van der Waals surface area contributed by atoms with Crippen molar-refractivity contribution < 1.29 is 19.4 Å². The van der Waals surface area contributed by atoms with E-state index in [-0.39, 0.29) is 6.29 Å². The molecule has 0 radical (unpaired) electrons. The smallest absolute Gasteiger partial charge is 0.335 e. The molecule has 4 rings (SSSR count). The van der Waals surface area contributed by atoms with Gasteiger partial charge in [-0.25, -0.2) is 4.79 Å². The maximum Gasteiger partial charge on any atom is 0.335 e. The van der Waals surface area contributed by atoms with E-state index in [1.54, 1.807) is 20.3 Å². The van der Waals surface area contributed by atoms with E-state index in [1.165, 1.54) is 16.8 Å². The second kappa shape index (κ2) is 9.67. The number of hydrogen-bond donors (Lipinski definition) is 1. The first-order chi connectivity index (χ1) is 15.1. The molecule has 2 aromatic rings. The van der Waals surface area contributed by atoms with Crippen molar-refractivity contribution in [2.75, 3.05) is 32.2 Å². The molecule has 1 heterocycles. The van der Waals surface area contributed by atoms with E-state index >= 15 is 0 Å². The molecule has 1 N–H and O–H groups in total. The van der Waals surface area contributed by atoms with E-state index in [0.29, 0.717) is 11.5 Å². The molecule has 0 atom stereocenters. The maximum absolute atomic E-state index is 11.4. The summed E-state index contributed by atoms with van der Waals surface area (Å²) in [5, 5.41) is 9.34. The third kappa shape index (κ3) is 4.68. The quantitative estimate of drug-likeness (QED) is 0.666. The molecule has 0 amide bonds. The van der Waals surface area contributed by atoms with Crippen molar-refractivity contribution in [1.82, 2.24) is 0 Å². The number of aromatic carboxylic acids is 1. The van der Waals surface area contributed by atoms with Crippen molar-refractivity contribution in [2.45, 2.75) is 38.4 Å².